The Morgan fingerprint density at radius 2 is 1.96 bits per heavy atom. The maximum Gasteiger partial charge on any atom is 0.254 e. The van der Waals surface area contributed by atoms with Crippen molar-refractivity contribution in [1.82, 2.24) is 25.1 Å². The molecule has 2 N–H and O–H groups in total. The summed E-state index contributed by atoms with van der Waals surface area (Å²) in [7, 11) is 0. The summed E-state index contributed by atoms with van der Waals surface area (Å²) in [6.45, 7) is 5.49. The zero-order valence-corrected chi connectivity index (χ0v) is 15.4. The first kappa shape index (κ1) is 18.8. The molecule has 7 nitrogen and oxygen atoms in total. The molecule has 142 valence electrons. The number of fused-ring (bicyclic) bond motifs is 1. The van der Waals surface area contributed by atoms with Gasteiger partial charge in [0.15, 0.2) is 11.5 Å². The maximum atomic E-state index is 13.6. The normalized spacial score (nSPS) is 11.1. The Labute approximate surface area is 157 Å². The Balaban J connectivity index is 1.61. The fourth-order valence-electron chi connectivity index (χ4n) is 2.60. The van der Waals surface area contributed by atoms with Crippen LogP contribution in [0.15, 0.2) is 36.4 Å². The Morgan fingerprint density at radius 1 is 1.15 bits per heavy atom. The smallest absolute Gasteiger partial charge is 0.254 e. The highest BCUT2D eigenvalue weighted by atomic mass is 19.1. The van der Waals surface area contributed by atoms with Gasteiger partial charge in [-0.1, -0.05) is 26.0 Å². The van der Waals surface area contributed by atoms with Gasteiger partial charge in [-0.05, 0) is 36.6 Å². The van der Waals surface area contributed by atoms with E-state index >= 15 is 0 Å². The molecule has 27 heavy (non-hydrogen) atoms. The number of rotatable bonds is 8. The predicted molar refractivity (Wildman–Crippen MR) is 101 cm³/mol. The first-order chi connectivity index (χ1) is 13.0. The summed E-state index contributed by atoms with van der Waals surface area (Å²) in [6.07, 6.45) is 1.49. The SMILES string of the molecule is CC(C)CCNc1ccc2nnc(CCNC(=O)c3ccccc3F)n2n1. The molecule has 0 aliphatic heterocycles. The average Bonchev–Trinajstić information content (AvgIpc) is 3.04. The molecule has 2 aromatic heterocycles. The van der Waals surface area contributed by atoms with Crippen LogP contribution in [-0.2, 0) is 6.42 Å². The van der Waals surface area contributed by atoms with Crippen molar-refractivity contribution in [3.8, 4) is 0 Å². The van der Waals surface area contributed by atoms with Gasteiger partial charge < -0.3 is 10.6 Å². The lowest BCUT2D eigenvalue weighted by Gasteiger charge is -2.08. The first-order valence-corrected chi connectivity index (χ1v) is 9.02. The minimum absolute atomic E-state index is 0.0263. The molecule has 2 heterocycles. The summed E-state index contributed by atoms with van der Waals surface area (Å²) in [5.74, 6) is 1.00. The van der Waals surface area contributed by atoms with E-state index in [0.29, 0.717) is 30.4 Å². The first-order valence-electron chi connectivity index (χ1n) is 9.02. The molecule has 0 spiro atoms. The van der Waals surface area contributed by atoms with E-state index in [1.165, 1.54) is 12.1 Å². The number of aromatic nitrogens is 4. The molecule has 1 aromatic carbocycles. The monoisotopic (exact) mass is 370 g/mol. The van der Waals surface area contributed by atoms with Gasteiger partial charge >= 0.3 is 0 Å². The van der Waals surface area contributed by atoms with E-state index < -0.39 is 11.7 Å². The lowest BCUT2D eigenvalue weighted by atomic mass is 10.1. The van der Waals surface area contributed by atoms with Crippen molar-refractivity contribution in [1.29, 1.82) is 0 Å². The van der Waals surface area contributed by atoms with Gasteiger partial charge in [-0.2, -0.15) is 4.52 Å². The van der Waals surface area contributed by atoms with E-state index in [2.05, 4.69) is 39.8 Å². The molecular formula is C19H23FN6O. The van der Waals surface area contributed by atoms with Crippen LogP contribution in [0.2, 0.25) is 0 Å². The Morgan fingerprint density at radius 3 is 2.74 bits per heavy atom. The quantitative estimate of drug-likeness (QED) is 0.637. The van der Waals surface area contributed by atoms with Gasteiger partial charge in [0.2, 0.25) is 0 Å². The van der Waals surface area contributed by atoms with Crippen LogP contribution >= 0.6 is 0 Å². The lowest BCUT2D eigenvalue weighted by Crippen LogP contribution is -2.27. The van der Waals surface area contributed by atoms with Crippen molar-refractivity contribution in [2.75, 3.05) is 18.4 Å². The molecule has 0 atom stereocenters. The summed E-state index contributed by atoms with van der Waals surface area (Å²) in [5.41, 5.74) is 0.665. The second-order valence-electron chi connectivity index (χ2n) is 6.70. The summed E-state index contributed by atoms with van der Waals surface area (Å²) < 4.78 is 15.3. The van der Waals surface area contributed by atoms with Gasteiger partial charge in [-0.15, -0.1) is 15.3 Å². The number of halogens is 1. The standard InChI is InChI=1S/C19H23FN6O/c1-13(2)9-11-21-16-7-8-17-23-24-18(26(17)25-16)10-12-22-19(27)14-5-3-4-6-15(14)20/h3-8,13H,9-12H2,1-2H3,(H,21,25)(H,22,27). The number of nitrogens with one attached hydrogen (secondary N) is 2. The van der Waals surface area contributed by atoms with Crippen molar-refractivity contribution in [2.45, 2.75) is 26.7 Å². The number of carbonyl (C=O) groups is 1. The van der Waals surface area contributed by atoms with Crippen molar-refractivity contribution < 1.29 is 9.18 Å². The van der Waals surface area contributed by atoms with Crippen molar-refractivity contribution in [2.24, 2.45) is 5.92 Å². The Kier molecular flexibility index (Phi) is 5.95. The number of anilines is 1. The molecule has 0 fully saturated rings. The number of amides is 1. The van der Waals surface area contributed by atoms with Gasteiger partial charge in [0.1, 0.15) is 11.6 Å². The summed E-state index contributed by atoms with van der Waals surface area (Å²) in [5, 5.41) is 18.7. The van der Waals surface area contributed by atoms with Gasteiger partial charge in [0, 0.05) is 19.5 Å². The maximum absolute atomic E-state index is 13.6. The number of hydrogen-bond acceptors (Lipinski definition) is 5. The zero-order valence-electron chi connectivity index (χ0n) is 15.4. The van der Waals surface area contributed by atoms with Gasteiger partial charge in [-0.25, -0.2) is 4.39 Å². The van der Waals surface area contributed by atoms with E-state index in [9.17, 15) is 9.18 Å². The van der Waals surface area contributed by atoms with Crippen LogP contribution in [0.3, 0.4) is 0 Å². The van der Waals surface area contributed by atoms with E-state index in [1.807, 2.05) is 12.1 Å². The summed E-state index contributed by atoms with van der Waals surface area (Å²) in [4.78, 5) is 12.1. The molecule has 1 amide bonds. The van der Waals surface area contributed by atoms with Crippen molar-refractivity contribution >= 4 is 17.4 Å². The van der Waals surface area contributed by atoms with Gasteiger partial charge in [0.05, 0.1) is 5.56 Å². The Hall–Kier alpha value is -3.03. The third-order valence-electron chi connectivity index (χ3n) is 4.11. The molecular weight excluding hydrogens is 347 g/mol. The third kappa shape index (κ3) is 4.78. The topological polar surface area (TPSA) is 84.2 Å². The summed E-state index contributed by atoms with van der Waals surface area (Å²) in [6, 6.07) is 9.61. The number of nitrogens with zero attached hydrogens (tertiary/aromatic N) is 4. The van der Waals surface area contributed by atoms with Gasteiger partial charge in [0.25, 0.3) is 5.91 Å². The average molecular weight is 370 g/mol. The number of hydrogen-bond donors (Lipinski definition) is 2. The van der Waals surface area contributed by atoms with Gasteiger partial charge in [-0.3, -0.25) is 4.79 Å². The van der Waals surface area contributed by atoms with Crippen LogP contribution in [0, 0.1) is 11.7 Å². The highest BCUT2D eigenvalue weighted by molar-refractivity contribution is 5.94. The lowest BCUT2D eigenvalue weighted by molar-refractivity contribution is 0.0950. The van der Waals surface area contributed by atoms with E-state index in [-0.39, 0.29) is 5.56 Å². The minimum Gasteiger partial charge on any atom is -0.369 e. The molecule has 0 radical (unpaired) electrons. The molecule has 0 aliphatic rings. The highest BCUT2D eigenvalue weighted by Gasteiger charge is 2.12. The highest BCUT2D eigenvalue weighted by Crippen LogP contribution is 2.09. The third-order valence-corrected chi connectivity index (χ3v) is 4.11. The fraction of sp³-hybridized carbons (Fsp3) is 0.368. The van der Waals surface area contributed by atoms with Crippen molar-refractivity contribution in [3.63, 3.8) is 0 Å². The second kappa shape index (κ2) is 8.57. The van der Waals surface area contributed by atoms with E-state index in [0.717, 1.165) is 18.8 Å². The molecule has 0 unspecified atom stereocenters. The largest absolute Gasteiger partial charge is 0.369 e. The Bertz CT molecular complexity index is 923. The van der Waals surface area contributed by atoms with Crippen LogP contribution in [0.4, 0.5) is 10.2 Å². The van der Waals surface area contributed by atoms with E-state index in [4.69, 9.17) is 0 Å². The molecule has 3 rings (SSSR count). The van der Waals surface area contributed by atoms with Crippen LogP contribution in [0.5, 0.6) is 0 Å². The van der Waals surface area contributed by atoms with Crippen LogP contribution in [-0.4, -0.2) is 38.8 Å². The van der Waals surface area contributed by atoms with Crippen molar-refractivity contribution in [3.05, 3.63) is 53.6 Å². The molecule has 0 saturated carbocycles. The molecule has 0 saturated heterocycles. The minimum atomic E-state index is -0.540. The number of benzene rings is 1. The van der Waals surface area contributed by atoms with Crippen LogP contribution in [0.25, 0.3) is 5.65 Å². The summed E-state index contributed by atoms with van der Waals surface area (Å²) >= 11 is 0. The van der Waals surface area contributed by atoms with E-state index in [1.54, 1.807) is 16.6 Å². The molecule has 0 aliphatic carbocycles. The predicted octanol–water partition coefficient (Wildman–Crippen LogP) is 2.69. The van der Waals surface area contributed by atoms with Crippen LogP contribution < -0.4 is 10.6 Å². The molecule has 0 bridgehead atoms. The zero-order chi connectivity index (χ0) is 19.2. The fourth-order valence-corrected chi connectivity index (χ4v) is 2.60. The molecule has 8 heteroatoms. The molecule has 3 aromatic rings. The van der Waals surface area contributed by atoms with Crippen LogP contribution in [0.1, 0.15) is 36.5 Å². The number of carbonyl (C=O) groups excluding carboxylic acids is 1. The second-order valence-corrected chi connectivity index (χ2v) is 6.70.